The van der Waals surface area contributed by atoms with E-state index in [9.17, 15) is 4.79 Å². The first-order valence-corrected chi connectivity index (χ1v) is 6.39. The minimum Gasteiger partial charge on any atom is -0.496 e. The molecule has 0 amide bonds. The molecule has 2 aromatic rings. The fourth-order valence-electron chi connectivity index (χ4n) is 1.99. The van der Waals surface area contributed by atoms with Crippen molar-refractivity contribution in [2.45, 2.75) is 6.61 Å². The van der Waals surface area contributed by atoms with E-state index in [2.05, 4.69) is 0 Å². The molecule has 0 unspecified atom stereocenters. The van der Waals surface area contributed by atoms with Crippen molar-refractivity contribution in [3.05, 3.63) is 53.6 Å². The van der Waals surface area contributed by atoms with E-state index in [1.54, 1.807) is 25.3 Å². The molecule has 0 heterocycles. The van der Waals surface area contributed by atoms with Crippen LogP contribution in [0.2, 0.25) is 0 Å². The van der Waals surface area contributed by atoms with Gasteiger partial charge in [0.1, 0.15) is 17.9 Å². The lowest BCUT2D eigenvalue weighted by molar-refractivity contribution is 0.0466. The second-order valence-electron chi connectivity index (χ2n) is 4.32. The number of carbonyl (C=O) groups is 1. The van der Waals surface area contributed by atoms with Gasteiger partial charge in [-0.25, -0.2) is 4.79 Å². The molecule has 0 aliphatic carbocycles. The molecule has 110 valence electrons. The van der Waals surface area contributed by atoms with E-state index in [0.29, 0.717) is 22.7 Å². The van der Waals surface area contributed by atoms with Crippen molar-refractivity contribution in [2.75, 3.05) is 20.0 Å². The molecule has 0 aromatic heterocycles. The van der Waals surface area contributed by atoms with Gasteiger partial charge < -0.3 is 19.9 Å². The van der Waals surface area contributed by atoms with Crippen LogP contribution in [0.1, 0.15) is 15.9 Å². The van der Waals surface area contributed by atoms with Gasteiger partial charge in [-0.15, -0.1) is 0 Å². The second-order valence-corrected chi connectivity index (χ2v) is 4.32. The maximum Gasteiger partial charge on any atom is 0.342 e. The minimum atomic E-state index is -0.495. The molecule has 21 heavy (non-hydrogen) atoms. The highest BCUT2D eigenvalue weighted by Crippen LogP contribution is 2.27. The summed E-state index contributed by atoms with van der Waals surface area (Å²) >= 11 is 0. The Balaban J connectivity index is 2.14. The molecule has 2 rings (SSSR count). The smallest absolute Gasteiger partial charge is 0.342 e. The van der Waals surface area contributed by atoms with E-state index >= 15 is 0 Å². The Morgan fingerprint density at radius 1 is 1.05 bits per heavy atom. The van der Waals surface area contributed by atoms with Gasteiger partial charge in [-0.1, -0.05) is 24.3 Å². The molecule has 0 saturated carbocycles. The topological polar surface area (TPSA) is 70.8 Å². The minimum absolute atomic E-state index is 0.112. The van der Waals surface area contributed by atoms with Crippen LogP contribution in [-0.4, -0.2) is 20.2 Å². The predicted octanol–water partition coefficient (Wildman–Crippen LogP) is 2.64. The van der Waals surface area contributed by atoms with Crippen LogP contribution >= 0.6 is 0 Å². The van der Waals surface area contributed by atoms with Gasteiger partial charge in [0.15, 0.2) is 5.75 Å². The van der Waals surface area contributed by atoms with Gasteiger partial charge in [-0.2, -0.15) is 0 Å². The summed E-state index contributed by atoms with van der Waals surface area (Å²) in [5.74, 6) is 0.498. The van der Waals surface area contributed by atoms with Crippen molar-refractivity contribution in [1.82, 2.24) is 0 Å². The van der Waals surface area contributed by atoms with Gasteiger partial charge in [-0.05, 0) is 18.2 Å². The van der Waals surface area contributed by atoms with Crippen LogP contribution in [0.4, 0.5) is 5.69 Å². The van der Waals surface area contributed by atoms with Crippen LogP contribution in [0, 0.1) is 0 Å². The van der Waals surface area contributed by atoms with Crippen molar-refractivity contribution in [2.24, 2.45) is 0 Å². The highest BCUT2D eigenvalue weighted by Gasteiger charge is 2.16. The first-order valence-electron chi connectivity index (χ1n) is 6.39. The SMILES string of the molecule is COc1ccccc1COC(=O)c1cccc(N)c1OC. The molecule has 0 saturated heterocycles. The number of benzene rings is 2. The molecule has 2 aromatic carbocycles. The van der Waals surface area contributed by atoms with Crippen LogP contribution in [0.3, 0.4) is 0 Å². The zero-order chi connectivity index (χ0) is 15.2. The number of nitrogens with two attached hydrogens (primary N) is 1. The third kappa shape index (κ3) is 3.25. The molecule has 2 N–H and O–H groups in total. The summed E-state index contributed by atoms with van der Waals surface area (Å²) in [7, 11) is 3.03. The highest BCUT2D eigenvalue weighted by molar-refractivity contribution is 5.94. The number of nitrogen functional groups attached to an aromatic ring is 1. The Bertz CT molecular complexity index is 640. The van der Waals surface area contributed by atoms with Crippen molar-refractivity contribution >= 4 is 11.7 Å². The lowest BCUT2D eigenvalue weighted by Crippen LogP contribution is -2.09. The number of carbonyl (C=O) groups excluding carboxylic acids is 1. The van der Waals surface area contributed by atoms with Gasteiger partial charge in [0, 0.05) is 5.56 Å². The molecule has 0 spiro atoms. The molecule has 0 aliphatic rings. The lowest BCUT2D eigenvalue weighted by Gasteiger charge is -2.12. The van der Waals surface area contributed by atoms with E-state index in [1.807, 2.05) is 24.3 Å². The monoisotopic (exact) mass is 287 g/mol. The number of hydrogen-bond acceptors (Lipinski definition) is 5. The van der Waals surface area contributed by atoms with Gasteiger partial charge >= 0.3 is 5.97 Å². The first kappa shape index (κ1) is 14.7. The van der Waals surface area contributed by atoms with Crippen LogP contribution < -0.4 is 15.2 Å². The molecular weight excluding hydrogens is 270 g/mol. The summed E-state index contributed by atoms with van der Waals surface area (Å²) in [4.78, 5) is 12.2. The number of ether oxygens (including phenoxy) is 3. The van der Waals surface area contributed by atoms with Gasteiger partial charge in [0.2, 0.25) is 0 Å². The molecule has 0 fully saturated rings. The fraction of sp³-hybridized carbons (Fsp3) is 0.188. The Morgan fingerprint density at radius 2 is 1.81 bits per heavy atom. The molecule has 0 bridgehead atoms. The maximum absolute atomic E-state index is 12.2. The quantitative estimate of drug-likeness (QED) is 0.676. The number of esters is 1. The number of methoxy groups -OCH3 is 2. The van der Waals surface area contributed by atoms with E-state index in [-0.39, 0.29) is 6.61 Å². The lowest BCUT2D eigenvalue weighted by atomic mass is 10.1. The number of para-hydroxylation sites is 2. The van der Waals surface area contributed by atoms with Crippen molar-refractivity contribution in [1.29, 1.82) is 0 Å². The van der Waals surface area contributed by atoms with Crippen molar-refractivity contribution in [3.8, 4) is 11.5 Å². The summed E-state index contributed by atoms with van der Waals surface area (Å²) in [5.41, 5.74) is 7.25. The van der Waals surface area contributed by atoms with E-state index in [4.69, 9.17) is 19.9 Å². The molecule has 0 atom stereocenters. The van der Waals surface area contributed by atoms with Gasteiger partial charge in [0.05, 0.1) is 19.9 Å². The van der Waals surface area contributed by atoms with Crippen LogP contribution in [0.5, 0.6) is 11.5 Å². The van der Waals surface area contributed by atoms with Crippen LogP contribution in [-0.2, 0) is 11.3 Å². The predicted molar refractivity (Wildman–Crippen MR) is 79.5 cm³/mol. The van der Waals surface area contributed by atoms with Crippen molar-refractivity contribution < 1.29 is 19.0 Å². The van der Waals surface area contributed by atoms with Crippen LogP contribution in [0.15, 0.2) is 42.5 Å². The van der Waals surface area contributed by atoms with Gasteiger partial charge in [0.25, 0.3) is 0 Å². The van der Waals surface area contributed by atoms with Crippen LogP contribution in [0.25, 0.3) is 0 Å². The van der Waals surface area contributed by atoms with Gasteiger partial charge in [-0.3, -0.25) is 0 Å². The van der Waals surface area contributed by atoms with E-state index < -0.39 is 5.97 Å². The molecule has 5 heteroatoms. The molecular formula is C16H17NO4. The Labute approximate surface area is 123 Å². The molecule has 0 radical (unpaired) electrons. The summed E-state index contributed by atoms with van der Waals surface area (Å²) in [6, 6.07) is 12.3. The summed E-state index contributed by atoms with van der Waals surface area (Å²) in [6.07, 6.45) is 0. The summed E-state index contributed by atoms with van der Waals surface area (Å²) in [5, 5.41) is 0. The third-order valence-corrected chi connectivity index (χ3v) is 3.02. The highest BCUT2D eigenvalue weighted by atomic mass is 16.5. The normalized spacial score (nSPS) is 10.0. The van der Waals surface area contributed by atoms with E-state index in [1.165, 1.54) is 7.11 Å². The maximum atomic E-state index is 12.2. The van der Waals surface area contributed by atoms with Crippen molar-refractivity contribution in [3.63, 3.8) is 0 Å². The number of anilines is 1. The average Bonchev–Trinajstić information content (AvgIpc) is 2.52. The Hall–Kier alpha value is -2.69. The largest absolute Gasteiger partial charge is 0.496 e. The zero-order valence-corrected chi connectivity index (χ0v) is 12.0. The summed E-state index contributed by atoms with van der Waals surface area (Å²) < 4.78 is 15.7. The second kappa shape index (κ2) is 6.65. The Kier molecular flexibility index (Phi) is 4.66. The summed E-state index contributed by atoms with van der Waals surface area (Å²) in [6.45, 7) is 0.112. The molecule has 0 aliphatic heterocycles. The molecule has 5 nitrogen and oxygen atoms in total. The van der Waals surface area contributed by atoms with E-state index in [0.717, 1.165) is 5.56 Å². The third-order valence-electron chi connectivity index (χ3n) is 3.02. The fourth-order valence-corrected chi connectivity index (χ4v) is 1.99. The number of rotatable bonds is 5. The number of hydrogen-bond donors (Lipinski definition) is 1. The standard InChI is InChI=1S/C16H17NO4/c1-19-14-9-4-3-6-11(14)10-21-16(18)12-7-5-8-13(17)15(12)20-2/h3-9H,10,17H2,1-2H3. The average molecular weight is 287 g/mol. The zero-order valence-electron chi connectivity index (χ0n) is 12.0. The Morgan fingerprint density at radius 3 is 2.52 bits per heavy atom. The first-order chi connectivity index (χ1) is 10.2.